The lowest BCUT2D eigenvalue weighted by atomic mass is 10.4. The molecule has 7 nitrogen and oxygen atoms in total. The van der Waals surface area contributed by atoms with Crippen molar-refractivity contribution in [2.45, 2.75) is 33.1 Å². The van der Waals surface area contributed by atoms with Gasteiger partial charge in [-0.1, -0.05) is 20.3 Å². The standard InChI is InChI=1S/C13H24N4O3/c1-4-6-8-18-9-10-20-13-16-11(14-3)15-12(17-13)19-7-5-2/h4-10H2,1-3H3,(H,14,15,16,17). The smallest absolute Gasteiger partial charge is 0.324 e. The predicted molar refractivity (Wildman–Crippen MR) is 76.4 cm³/mol. The molecule has 0 atom stereocenters. The Kier molecular flexibility index (Phi) is 8.37. The molecule has 7 heteroatoms. The summed E-state index contributed by atoms with van der Waals surface area (Å²) >= 11 is 0. The van der Waals surface area contributed by atoms with Crippen LogP contribution in [0.3, 0.4) is 0 Å². The number of hydrogen-bond donors (Lipinski definition) is 1. The lowest BCUT2D eigenvalue weighted by Gasteiger charge is -2.08. The molecule has 0 bridgehead atoms. The largest absolute Gasteiger partial charge is 0.463 e. The van der Waals surface area contributed by atoms with E-state index in [2.05, 4.69) is 27.2 Å². The molecule has 0 fully saturated rings. The fourth-order valence-electron chi connectivity index (χ4n) is 1.31. The van der Waals surface area contributed by atoms with Crippen LogP contribution in [0.2, 0.25) is 0 Å². The van der Waals surface area contributed by atoms with Crippen molar-refractivity contribution in [2.75, 3.05) is 38.8 Å². The van der Waals surface area contributed by atoms with Gasteiger partial charge in [0.05, 0.1) is 13.2 Å². The zero-order valence-electron chi connectivity index (χ0n) is 12.5. The lowest BCUT2D eigenvalue weighted by Crippen LogP contribution is -2.11. The molecule has 1 aromatic heterocycles. The summed E-state index contributed by atoms with van der Waals surface area (Å²) in [5.41, 5.74) is 0. The molecule has 0 saturated heterocycles. The van der Waals surface area contributed by atoms with Crippen LogP contribution in [0.15, 0.2) is 0 Å². The van der Waals surface area contributed by atoms with E-state index in [4.69, 9.17) is 14.2 Å². The fourth-order valence-corrected chi connectivity index (χ4v) is 1.31. The molecular formula is C13H24N4O3. The van der Waals surface area contributed by atoms with Gasteiger partial charge in [-0.25, -0.2) is 0 Å². The maximum Gasteiger partial charge on any atom is 0.324 e. The minimum Gasteiger partial charge on any atom is -0.463 e. The highest BCUT2D eigenvalue weighted by Gasteiger charge is 2.07. The van der Waals surface area contributed by atoms with Crippen molar-refractivity contribution in [3.8, 4) is 12.0 Å². The summed E-state index contributed by atoms with van der Waals surface area (Å²) in [7, 11) is 1.73. The molecule has 1 heterocycles. The van der Waals surface area contributed by atoms with Gasteiger partial charge in [0.15, 0.2) is 0 Å². The second kappa shape index (κ2) is 10.2. The van der Waals surface area contributed by atoms with Crippen molar-refractivity contribution < 1.29 is 14.2 Å². The van der Waals surface area contributed by atoms with Gasteiger partial charge >= 0.3 is 12.0 Å². The molecule has 0 aliphatic rings. The van der Waals surface area contributed by atoms with Gasteiger partial charge < -0.3 is 19.5 Å². The molecule has 1 rings (SSSR count). The lowest BCUT2D eigenvalue weighted by molar-refractivity contribution is 0.0942. The van der Waals surface area contributed by atoms with E-state index in [1.165, 1.54) is 0 Å². The van der Waals surface area contributed by atoms with Crippen LogP contribution in [-0.2, 0) is 4.74 Å². The van der Waals surface area contributed by atoms with Crippen LogP contribution in [0.5, 0.6) is 12.0 Å². The first-order valence-corrected chi connectivity index (χ1v) is 7.07. The van der Waals surface area contributed by atoms with Crippen LogP contribution >= 0.6 is 0 Å². The Morgan fingerprint density at radius 3 is 2.15 bits per heavy atom. The molecule has 0 aliphatic carbocycles. The molecule has 0 aromatic carbocycles. The van der Waals surface area contributed by atoms with Gasteiger partial charge in [-0.3, -0.25) is 0 Å². The van der Waals surface area contributed by atoms with Crippen LogP contribution in [0.4, 0.5) is 5.95 Å². The summed E-state index contributed by atoms with van der Waals surface area (Å²) in [4.78, 5) is 12.3. The maximum atomic E-state index is 5.44. The first-order valence-electron chi connectivity index (χ1n) is 7.07. The van der Waals surface area contributed by atoms with Crippen molar-refractivity contribution >= 4 is 5.95 Å². The number of anilines is 1. The van der Waals surface area contributed by atoms with Gasteiger partial charge in [0.1, 0.15) is 6.61 Å². The Labute approximate surface area is 120 Å². The van der Waals surface area contributed by atoms with E-state index >= 15 is 0 Å². The first kappa shape index (κ1) is 16.4. The molecule has 1 N–H and O–H groups in total. The minimum atomic E-state index is 0.245. The summed E-state index contributed by atoms with van der Waals surface area (Å²) in [5.74, 6) is 0.424. The van der Waals surface area contributed by atoms with Gasteiger partial charge in [0.25, 0.3) is 0 Å². The minimum absolute atomic E-state index is 0.245. The first-order chi connectivity index (χ1) is 9.80. The molecule has 20 heavy (non-hydrogen) atoms. The topological polar surface area (TPSA) is 78.4 Å². The predicted octanol–water partition coefficient (Wildman–Crippen LogP) is 1.90. The second-order valence-corrected chi connectivity index (χ2v) is 4.14. The highest BCUT2D eigenvalue weighted by molar-refractivity contribution is 5.26. The number of hydrogen-bond acceptors (Lipinski definition) is 7. The van der Waals surface area contributed by atoms with E-state index in [0.29, 0.717) is 25.8 Å². The average molecular weight is 284 g/mol. The fraction of sp³-hybridized carbons (Fsp3) is 0.769. The van der Waals surface area contributed by atoms with E-state index in [9.17, 15) is 0 Å². The van der Waals surface area contributed by atoms with E-state index in [0.717, 1.165) is 25.9 Å². The molecule has 0 spiro atoms. The molecule has 114 valence electrons. The van der Waals surface area contributed by atoms with Crippen molar-refractivity contribution in [1.29, 1.82) is 0 Å². The van der Waals surface area contributed by atoms with E-state index < -0.39 is 0 Å². The summed E-state index contributed by atoms with van der Waals surface area (Å²) < 4.78 is 16.2. The third-order valence-corrected chi connectivity index (χ3v) is 2.35. The maximum absolute atomic E-state index is 5.44. The van der Waals surface area contributed by atoms with Crippen LogP contribution in [-0.4, -0.2) is 48.4 Å². The zero-order chi connectivity index (χ0) is 14.6. The van der Waals surface area contributed by atoms with E-state index in [1.54, 1.807) is 7.05 Å². The molecular weight excluding hydrogens is 260 g/mol. The van der Waals surface area contributed by atoms with Gasteiger partial charge in [-0.15, -0.1) is 4.98 Å². The van der Waals surface area contributed by atoms with Gasteiger partial charge in [0.2, 0.25) is 5.95 Å². The third kappa shape index (κ3) is 6.51. The SMILES string of the molecule is CCCCOCCOc1nc(NC)nc(OCCC)n1. The van der Waals surface area contributed by atoms with Crippen molar-refractivity contribution in [3.05, 3.63) is 0 Å². The molecule has 0 saturated carbocycles. The Hall–Kier alpha value is -1.63. The summed E-state index contributed by atoms with van der Waals surface area (Å²) in [5, 5.41) is 2.85. The Morgan fingerprint density at radius 1 is 0.850 bits per heavy atom. The van der Waals surface area contributed by atoms with Crippen molar-refractivity contribution in [1.82, 2.24) is 15.0 Å². The molecule has 0 aliphatic heterocycles. The van der Waals surface area contributed by atoms with Gasteiger partial charge in [-0.2, -0.15) is 9.97 Å². The normalized spacial score (nSPS) is 10.3. The third-order valence-electron chi connectivity index (χ3n) is 2.35. The van der Waals surface area contributed by atoms with Crippen LogP contribution < -0.4 is 14.8 Å². The van der Waals surface area contributed by atoms with E-state index in [1.807, 2.05) is 6.92 Å². The number of nitrogens with zero attached hydrogens (tertiary/aromatic N) is 3. The molecule has 1 aromatic rings. The average Bonchev–Trinajstić information content (AvgIpc) is 2.48. The van der Waals surface area contributed by atoms with Crippen molar-refractivity contribution in [2.24, 2.45) is 0 Å². The number of rotatable bonds is 11. The monoisotopic (exact) mass is 284 g/mol. The van der Waals surface area contributed by atoms with Gasteiger partial charge in [-0.05, 0) is 12.8 Å². The van der Waals surface area contributed by atoms with Crippen molar-refractivity contribution in [3.63, 3.8) is 0 Å². The zero-order valence-corrected chi connectivity index (χ0v) is 12.5. The Bertz CT molecular complexity index is 377. The number of unbranched alkanes of at least 4 members (excludes halogenated alkanes) is 1. The number of nitrogens with one attached hydrogen (secondary N) is 1. The van der Waals surface area contributed by atoms with Crippen LogP contribution in [0, 0.1) is 0 Å². The Balaban J connectivity index is 2.42. The second-order valence-electron chi connectivity index (χ2n) is 4.14. The van der Waals surface area contributed by atoms with Crippen LogP contribution in [0.1, 0.15) is 33.1 Å². The quantitative estimate of drug-likeness (QED) is 0.622. The molecule has 0 radical (unpaired) electrons. The highest BCUT2D eigenvalue weighted by Crippen LogP contribution is 2.12. The molecule has 0 unspecified atom stereocenters. The van der Waals surface area contributed by atoms with Crippen LogP contribution in [0.25, 0.3) is 0 Å². The summed E-state index contributed by atoms with van der Waals surface area (Å²) in [6, 6.07) is 0.516. The molecule has 0 amide bonds. The Morgan fingerprint density at radius 2 is 1.55 bits per heavy atom. The summed E-state index contributed by atoms with van der Waals surface area (Å²) in [6.07, 6.45) is 3.07. The number of aromatic nitrogens is 3. The highest BCUT2D eigenvalue weighted by atomic mass is 16.5. The number of ether oxygens (including phenoxy) is 3. The van der Waals surface area contributed by atoms with Gasteiger partial charge in [0, 0.05) is 13.7 Å². The summed E-state index contributed by atoms with van der Waals surface area (Å²) in [6.45, 7) is 6.39. The van der Waals surface area contributed by atoms with E-state index in [-0.39, 0.29) is 12.0 Å².